The molecule has 0 aliphatic rings. The normalized spacial score (nSPS) is 11.5. The van der Waals surface area contributed by atoms with Crippen LogP contribution < -0.4 is 0 Å². The molecular formula is C17H16OS. The molecule has 1 unspecified atom stereocenters. The SMILES string of the molecule is CC(O)c1ccc(SCC#Cc2ccccc2)cc1. The molecule has 0 spiro atoms. The van der Waals surface area contributed by atoms with Crippen molar-refractivity contribution in [2.75, 3.05) is 5.75 Å². The van der Waals surface area contributed by atoms with E-state index in [0.717, 1.165) is 16.9 Å². The van der Waals surface area contributed by atoms with Crippen LogP contribution in [0.2, 0.25) is 0 Å². The minimum absolute atomic E-state index is 0.406. The third kappa shape index (κ3) is 4.48. The molecule has 0 saturated carbocycles. The molecule has 19 heavy (non-hydrogen) atoms. The van der Waals surface area contributed by atoms with Crippen LogP contribution in [0.3, 0.4) is 0 Å². The van der Waals surface area contributed by atoms with Gasteiger partial charge in [-0.3, -0.25) is 0 Å². The summed E-state index contributed by atoms with van der Waals surface area (Å²) in [5.41, 5.74) is 1.99. The molecule has 0 amide bonds. The van der Waals surface area contributed by atoms with Crippen molar-refractivity contribution in [3.8, 4) is 11.8 Å². The van der Waals surface area contributed by atoms with Crippen LogP contribution in [-0.2, 0) is 0 Å². The Bertz CT molecular complexity index is 562. The first-order chi connectivity index (χ1) is 9.25. The highest BCUT2D eigenvalue weighted by atomic mass is 32.2. The molecule has 1 atom stereocenters. The van der Waals surface area contributed by atoms with Gasteiger partial charge in [-0.25, -0.2) is 0 Å². The minimum atomic E-state index is -0.406. The second kappa shape index (κ2) is 7.04. The molecule has 0 heterocycles. The van der Waals surface area contributed by atoms with Gasteiger partial charge in [-0.1, -0.05) is 42.2 Å². The van der Waals surface area contributed by atoms with Crippen LogP contribution in [-0.4, -0.2) is 10.9 Å². The van der Waals surface area contributed by atoms with Crippen molar-refractivity contribution in [2.24, 2.45) is 0 Å². The number of hydrogen-bond donors (Lipinski definition) is 1. The Morgan fingerprint density at radius 3 is 2.37 bits per heavy atom. The summed E-state index contributed by atoms with van der Waals surface area (Å²) in [6.45, 7) is 1.77. The van der Waals surface area contributed by atoms with Gasteiger partial charge in [-0.05, 0) is 36.8 Å². The van der Waals surface area contributed by atoms with Crippen molar-refractivity contribution in [3.63, 3.8) is 0 Å². The third-order valence-electron chi connectivity index (χ3n) is 2.68. The summed E-state index contributed by atoms with van der Waals surface area (Å²) < 4.78 is 0. The summed E-state index contributed by atoms with van der Waals surface area (Å²) in [5, 5.41) is 9.43. The molecule has 1 N–H and O–H groups in total. The third-order valence-corrected chi connectivity index (χ3v) is 3.57. The predicted molar refractivity (Wildman–Crippen MR) is 81.1 cm³/mol. The van der Waals surface area contributed by atoms with Crippen molar-refractivity contribution < 1.29 is 5.11 Å². The van der Waals surface area contributed by atoms with E-state index in [0.29, 0.717) is 0 Å². The quantitative estimate of drug-likeness (QED) is 0.673. The maximum Gasteiger partial charge on any atom is 0.0761 e. The minimum Gasteiger partial charge on any atom is -0.389 e. The summed E-state index contributed by atoms with van der Waals surface area (Å²) in [6.07, 6.45) is -0.406. The van der Waals surface area contributed by atoms with Crippen LogP contribution >= 0.6 is 11.8 Å². The average molecular weight is 268 g/mol. The van der Waals surface area contributed by atoms with E-state index < -0.39 is 6.10 Å². The van der Waals surface area contributed by atoms with Crippen molar-refractivity contribution in [2.45, 2.75) is 17.9 Å². The first kappa shape index (κ1) is 13.7. The average Bonchev–Trinajstić information content (AvgIpc) is 2.45. The molecular weight excluding hydrogens is 252 g/mol. The fourth-order valence-corrected chi connectivity index (χ4v) is 2.26. The summed E-state index contributed by atoms with van der Waals surface area (Å²) in [4.78, 5) is 1.17. The van der Waals surface area contributed by atoms with E-state index in [2.05, 4.69) is 11.8 Å². The molecule has 0 bridgehead atoms. The molecule has 2 heteroatoms. The second-order valence-electron chi connectivity index (χ2n) is 4.20. The molecule has 2 aromatic rings. The van der Waals surface area contributed by atoms with Crippen molar-refractivity contribution in [3.05, 3.63) is 65.7 Å². The van der Waals surface area contributed by atoms with Crippen LogP contribution in [0.25, 0.3) is 0 Å². The van der Waals surface area contributed by atoms with E-state index in [9.17, 15) is 5.11 Å². The standard InChI is InChI=1S/C17H16OS/c1-14(18)16-9-11-17(12-10-16)19-13-5-8-15-6-3-2-4-7-15/h2-4,6-7,9-12,14,18H,13H2,1H3. The molecule has 0 aliphatic carbocycles. The summed E-state index contributed by atoms with van der Waals surface area (Å²) in [5.74, 6) is 7.05. The van der Waals surface area contributed by atoms with Gasteiger partial charge in [-0.15, -0.1) is 11.8 Å². The Morgan fingerprint density at radius 1 is 1.05 bits per heavy atom. The molecule has 2 aromatic carbocycles. The Hall–Kier alpha value is -1.69. The lowest BCUT2D eigenvalue weighted by Crippen LogP contribution is -1.89. The second-order valence-corrected chi connectivity index (χ2v) is 5.25. The van der Waals surface area contributed by atoms with Crippen molar-refractivity contribution in [1.82, 2.24) is 0 Å². The van der Waals surface area contributed by atoms with Gasteiger partial charge >= 0.3 is 0 Å². The molecule has 96 valence electrons. The van der Waals surface area contributed by atoms with E-state index in [1.165, 1.54) is 4.90 Å². The number of hydrogen-bond acceptors (Lipinski definition) is 2. The first-order valence-electron chi connectivity index (χ1n) is 6.20. The number of aliphatic hydroxyl groups excluding tert-OH is 1. The fraction of sp³-hybridized carbons (Fsp3) is 0.176. The van der Waals surface area contributed by atoms with Crippen molar-refractivity contribution >= 4 is 11.8 Å². The zero-order valence-electron chi connectivity index (χ0n) is 10.8. The van der Waals surface area contributed by atoms with Gasteiger partial charge in [0.05, 0.1) is 11.9 Å². The Morgan fingerprint density at radius 2 is 1.74 bits per heavy atom. The summed E-state index contributed by atoms with van der Waals surface area (Å²) in [7, 11) is 0. The monoisotopic (exact) mass is 268 g/mol. The molecule has 1 nitrogen and oxygen atoms in total. The van der Waals surface area contributed by atoms with E-state index in [1.807, 2.05) is 54.6 Å². The lowest BCUT2D eigenvalue weighted by Gasteiger charge is -2.04. The highest BCUT2D eigenvalue weighted by Crippen LogP contribution is 2.20. The van der Waals surface area contributed by atoms with Crippen LogP contribution in [0.4, 0.5) is 0 Å². The van der Waals surface area contributed by atoms with E-state index in [4.69, 9.17) is 0 Å². The van der Waals surface area contributed by atoms with Crippen LogP contribution in [0.1, 0.15) is 24.2 Å². The highest BCUT2D eigenvalue weighted by Gasteiger charge is 1.99. The zero-order chi connectivity index (χ0) is 13.5. The molecule has 0 saturated heterocycles. The van der Waals surface area contributed by atoms with E-state index in [-0.39, 0.29) is 0 Å². The molecule has 0 fully saturated rings. The van der Waals surface area contributed by atoms with E-state index in [1.54, 1.807) is 18.7 Å². The summed E-state index contributed by atoms with van der Waals surface area (Å²) in [6, 6.07) is 18.0. The number of aliphatic hydroxyl groups is 1. The van der Waals surface area contributed by atoms with Crippen LogP contribution in [0.15, 0.2) is 59.5 Å². The first-order valence-corrected chi connectivity index (χ1v) is 7.19. The van der Waals surface area contributed by atoms with Crippen LogP contribution in [0.5, 0.6) is 0 Å². The van der Waals surface area contributed by atoms with Gasteiger partial charge in [0, 0.05) is 10.5 Å². The topological polar surface area (TPSA) is 20.2 Å². The number of thioether (sulfide) groups is 1. The maximum absolute atomic E-state index is 9.43. The van der Waals surface area contributed by atoms with Gasteiger partial charge in [0.2, 0.25) is 0 Å². The lowest BCUT2D eigenvalue weighted by atomic mass is 10.1. The Kier molecular flexibility index (Phi) is 5.09. The van der Waals surface area contributed by atoms with Gasteiger partial charge in [-0.2, -0.15) is 0 Å². The number of benzene rings is 2. The highest BCUT2D eigenvalue weighted by molar-refractivity contribution is 7.99. The molecule has 2 rings (SSSR count). The predicted octanol–water partition coefficient (Wildman–Crippen LogP) is 3.88. The Labute approximate surface area is 118 Å². The molecule has 0 radical (unpaired) electrons. The van der Waals surface area contributed by atoms with Gasteiger partial charge < -0.3 is 5.11 Å². The molecule has 0 aromatic heterocycles. The van der Waals surface area contributed by atoms with E-state index >= 15 is 0 Å². The Balaban J connectivity index is 1.88. The number of rotatable bonds is 3. The van der Waals surface area contributed by atoms with Gasteiger partial charge in [0.1, 0.15) is 0 Å². The maximum atomic E-state index is 9.43. The smallest absolute Gasteiger partial charge is 0.0761 e. The van der Waals surface area contributed by atoms with Gasteiger partial charge in [0.15, 0.2) is 0 Å². The molecule has 0 aliphatic heterocycles. The summed E-state index contributed by atoms with van der Waals surface area (Å²) >= 11 is 1.70. The largest absolute Gasteiger partial charge is 0.389 e. The van der Waals surface area contributed by atoms with Crippen LogP contribution in [0, 0.1) is 11.8 Å². The van der Waals surface area contributed by atoms with Gasteiger partial charge in [0.25, 0.3) is 0 Å². The fourth-order valence-electron chi connectivity index (χ4n) is 1.62. The zero-order valence-corrected chi connectivity index (χ0v) is 11.7. The van der Waals surface area contributed by atoms with Crippen molar-refractivity contribution in [1.29, 1.82) is 0 Å². The lowest BCUT2D eigenvalue weighted by molar-refractivity contribution is 0.199.